The van der Waals surface area contributed by atoms with Crippen molar-refractivity contribution < 1.29 is 9.59 Å². The summed E-state index contributed by atoms with van der Waals surface area (Å²) in [4.78, 5) is 22.9. The Balaban J connectivity index is 1.82. The van der Waals surface area contributed by atoms with Gasteiger partial charge < -0.3 is 10.1 Å². The molecule has 0 saturated heterocycles. The quantitative estimate of drug-likeness (QED) is 0.596. The Morgan fingerprint density at radius 3 is 2.79 bits per heavy atom. The van der Waals surface area contributed by atoms with Crippen LogP contribution < -0.4 is 5.32 Å². The van der Waals surface area contributed by atoms with E-state index in [0.717, 1.165) is 30.5 Å². The summed E-state index contributed by atoms with van der Waals surface area (Å²) in [6, 6.07) is 7.89. The first-order valence-electron chi connectivity index (χ1n) is 8.11. The normalized spacial score (nSPS) is 10.9. The van der Waals surface area contributed by atoms with Crippen LogP contribution in [0.25, 0.3) is 6.08 Å². The molecule has 0 unspecified atom stereocenters. The zero-order valence-electron chi connectivity index (χ0n) is 14.2. The van der Waals surface area contributed by atoms with Crippen LogP contribution in [0.15, 0.2) is 42.7 Å². The zero-order valence-corrected chi connectivity index (χ0v) is 14.2. The van der Waals surface area contributed by atoms with E-state index >= 15 is 0 Å². The molecule has 1 heterocycles. The van der Waals surface area contributed by atoms with E-state index in [1.165, 1.54) is 6.08 Å². The van der Waals surface area contributed by atoms with Gasteiger partial charge in [0.25, 0.3) is 0 Å². The summed E-state index contributed by atoms with van der Waals surface area (Å²) in [6.07, 6.45) is 9.10. The third kappa shape index (κ3) is 5.83. The molecular formula is C19H23N3O2. The lowest BCUT2D eigenvalue weighted by Crippen LogP contribution is -2.07. The fourth-order valence-electron chi connectivity index (χ4n) is 2.32. The fraction of sp³-hybridized carbons (Fsp3) is 0.316. The van der Waals surface area contributed by atoms with Gasteiger partial charge in [-0.05, 0) is 43.9 Å². The van der Waals surface area contributed by atoms with Crippen molar-refractivity contribution in [1.82, 2.24) is 9.78 Å². The van der Waals surface area contributed by atoms with Gasteiger partial charge in [-0.25, -0.2) is 0 Å². The smallest absolute Gasteiger partial charge is 0.248 e. The topological polar surface area (TPSA) is 64.0 Å². The Hall–Kier alpha value is -2.69. The second-order valence-corrected chi connectivity index (χ2v) is 5.83. The number of ketones is 1. The van der Waals surface area contributed by atoms with Crippen molar-refractivity contribution in [3.63, 3.8) is 0 Å². The maximum absolute atomic E-state index is 12.0. The second kappa shape index (κ2) is 8.82. The van der Waals surface area contributed by atoms with Gasteiger partial charge in [-0.3, -0.25) is 9.48 Å². The molecule has 5 heteroatoms. The summed E-state index contributed by atoms with van der Waals surface area (Å²) in [5.74, 6) is 0.0261. The minimum atomic E-state index is -0.186. The summed E-state index contributed by atoms with van der Waals surface area (Å²) in [6.45, 7) is 4.35. The van der Waals surface area contributed by atoms with Crippen LogP contribution in [-0.2, 0) is 16.1 Å². The van der Waals surface area contributed by atoms with E-state index in [9.17, 15) is 9.59 Å². The summed E-state index contributed by atoms with van der Waals surface area (Å²) in [7, 11) is 0. The fourth-order valence-corrected chi connectivity index (χ4v) is 2.32. The van der Waals surface area contributed by atoms with Crippen molar-refractivity contribution in [2.24, 2.45) is 0 Å². The van der Waals surface area contributed by atoms with Gasteiger partial charge in [0.2, 0.25) is 5.91 Å². The molecule has 2 aromatic rings. The maximum atomic E-state index is 12.0. The van der Waals surface area contributed by atoms with E-state index in [0.29, 0.717) is 12.1 Å². The van der Waals surface area contributed by atoms with Gasteiger partial charge in [-0.1, -0.05) is 24.3 Å². The van der Waals surface area contributed by atoms with Crippen LogP contribution >= 0.6 is 0 Å². The number of aryl methyl sites for hydroxylation is 2. The number of benzene rings is 1. The highest BCUT2D eigenvalue weighted by atomic mass is 16.1. The van der Waals surface area contributed by atoms with E-state index in [2.05, 4.69) is 10.4 Å². The lowest BCUT2D eigenvalue weighted by molar-refractivity contribution is -0.117. The molecule has 0 aliphatic rings. The number of hydrogen-bond donors (Lipinski definition) is 1. The molecule has 0 fully saturated rings. The van der Waals surface area contributed by atoms with Gasteiger partial charge in [0.15, 0.2) is 0 Å². The van der Waals surface area contributed by atoms with E-state index in [1.54, 1.807) is 30.1 Å². The molecule has 0 aliphatic heterocycles. The number of unbranched alkanes of at least 4 members (excludes halogenated alkanes) is 1. The predicted octanol–water partition coefficient (Wildman–Crippen LogP) is 3.60. The molecule has 5 nitrogen and oxygen atoms in total. The van der Waals surface area contributed by atoms with Crippen molar-refractivity contribution in [2.45, 2.75) is 39.7 Å². The molecule has 1 aromatic heterocycles. The SMILES string of the molecule is CC(=O)CCCCn1cc(NC(=O)/C=C\c2ccccc2C)cn1. The summed E-state index contributed by atoms with van der Waals surface area (Å²) in [5, 5.41) is 7.01. The Bertz CT molecular complexity index is 732. The first kappa shape index (κ1) is 17.7. The first-order chi connectivity index (χ1) is 11.5. The Labute approximate surface area is 142 Å². The monoisotopic (exact) mass is 325 g/mol. The number of anilines is 1. The lowest BCUT2D eigenvalue weighted by Gasteiger charge is -2.01. The number of Topliss-reactive ketones (excluding diaryl/α,β-unsaturated/α-hetero) is 1. The molecule has 24 heavy (non-hydrogen) atoms. The highest BCUT2D eigenvalue weighted by Gasteiger charge is 2.02. The third-order valence-corrected chi connectivity index (χ3v) is 3.67. The van der Waals surface area contributed by atoms with Gasteiger partial charge >= 0.3 is 0 Å². The van der Waals surface area contributed by atoms with E-state index in [-0.39, 0.29) is 11.7 Å². The molecule has 0 spiro atoms. The molecule has 1 aromatic carbocycles. The largest absolute Gasteiger partial charge is 0.320 e. The number of carbonyl (C=O) groups excluding carboxylic acids is 2. The first-order valence-corrected chi connectivity index (χ1v) is 8.11. The second-order valence-electron chi connectivity index (χ2n) is 5.83. The van der Waals surface area contributed by atoms with E-state index in [4.69, 9.17) is 0 Å². The number of hydrogen-bond acceptors (Lipinski definition) is 3. The average molecular weight is 325 g/mol. The third-order valence-electron chi connectivity index (χ3n) is 3.67. The Morgan fingerprint density at radius 2 is 2.04 bits per heavy atom. The van der Waals surface area contributed by atoms with Crippen molar-refractivity contribution >= 4 is 23.5 Å². The Morgan fingerprint density at radius 1 is 1.25 bits per heavy atom. The van der Waals surface area contributed by atoms with Gasteiger partial charge in [0.05, 0.1) is 11.9 Å². The van der Waals surface area contributed by atoms with Gasteiger partial charge in [-0.15, -0.1) is 0 Å². The van der Waals surface area contributed by atoms with Crippen LogP contribution in [-0.4, -0.2) is 21.5 Å². The number of rotatable bonds is 8. The molecule has 0 saturated carbocycles. The highest BCUT2D eigenvalue weighted by Crippen LogP contribution is 2.10. The van der Waals surface area contributed by atoms with Crippen LogP contribution in [0.5, 0.6) is 0 Å². The molecule has 0 bridgehead atoms. The molecule has 1 amide bonds. The number of nitrogens with one attached hydrogen (secondary N) is 1. The highest BCUT2D eigenvalue weighted by molar-refractivity contribution is 6.01. The number of nitrogens with zero attached hydrogens (tertiary/aromatic N) is 2. The number of carbonyl (C=O) groups is 2. The van der Waals surface area contributed by atoms with Gasteiger partial charge in [-0.2, -0.15) is 5.10 Å². The van der Waals surface area contributed by atoms with Crippen molar-refractivity contribution in [3.05, 3.63) is 53.9 Å². The number of amides is 1. The van der Waals surface area contributed by atoms with Crippen molar-refractivity contribution in [2.75, 3.05) is 5.32 Å². The zero-order chi connectivity index (χ0) is 17.4. The minimum Gasteiger partial charge on any atom is -0.320 e. The number of aromatic nitrogens is 2. The van der Waals surface area contributed by atoms with Crippen LogP contribution in [0.2, 0.25) is 0 Å². The summed E-state index contributed by atoms with van der Waals surface area (Å²) < 4.78 is 1.78. The van der Waals surface area contributed by atoms with Crippen LogP contribution in [0.3, 0.4) is 0 Å². The summed E-state index contributed by atoms with van der Waals surface area (Å²) in [5.41, 5.74) is 2.81. The van der Waals surface area contributed by atoms with Crippen molar-refractivity contribution in [3.8, 4) is 0 Å². The van der Waals surface area contributed by atoms with Crippen LogP contribution in [0, 0.1) is 6.92 Å². The molecule has 2 rings (SSSR count). The lowest BCUT2D eigenvalue weighted by atomic mass is 10.1. The molecule has 0 radical (unpaired) electrons. The van der Waals surface area contributed by atoms with Gasteiger partial charge in [0.1, 0.15) is 5.78 Å². The van der Waals surface area contributed by atoms with Crippen LogP contribution in [0.4, 0.5) is 5.69 Å². The van der Waals surface area contributed by atoms with Gasteiger partial charge in [0, 0.05) is 25.2 Å². The molecule has 0 atom stereocenters. The molecule has 0 aliphatic carbocycles. The Kier molecular flexibility index (Phi) is 6.49. The average Bonchev–Trinajstić information content (AvgIpc) is 2.98. The predicted molar refractivity (Wildman–Crippen MR) is 95.6 cm³/mol. The molecule has 1 N–H and O–H groups in total. The van der Waals surface area contributed by atoms with Crippen LogP contribution in [0.1, 0.15) is 37.3 Å². The van der Waals surface area contributed by atoms with E-state index in [1.807, 2.05) is 31.2 Å². The maximum Gasteiger partial charge on any atom is 0.248 e. The minimum absolute atomic E-state index is 0.186. The molecular weight excluding hydrogens is 302 g/mol. The standard InChI is InChI=1S/C19H23N3O2/c1-15-7-3-4-9-17(15)10-11-19(24)21-18-13-20-22(14-18)12-6-5-8-16(2)23/h3-4,7,9-11,13-14H,5-6,8,12H2,1-2H3,(H,21,24)/b11-10-. The van der Waals surface area contributed by atoms with E-state index < -0.39 is 0 Å². The molecule has 126 valence electrons. The van der Waals surface area contributed by atoms with Crippen molar-refractivity contribution in [1.29, 1.82) is 0 Å². The summed E-state index contributed by atoms with van der Waals surface area (Å²) >= 11 is 0.